The summed E-state index contributed by atoms with van der Waals surface area (Å²) in [6.45, 7) is 1.23. The fourth-order valence-corrected chi connectivity index (χ4v) is 2.89. The van der Waals surface area contributed by atoms with Gasteiger partial charge in [-0.05, 0) is 42.7 Å². The molecule has 25 heavy (non-hydrogen) atoms. The van der Waals surface area contributed by atoms with Crippen LogP contribution in [0.5, 0.6) is 0 Å². The molecule has 6 heteroatoms. The lowest BCUT2D eigenvalue weighted by Crippen LogP contribution is -2.45. The van der Waals surface area contributed by atoms with E-state index in [1.165, 1.54) is 12.1 Å². The zero-order chi connectivity index (χ0) is 17.6. The molecule has 0 aliphatic carbocycles. The molecule has 3 rings (SSSR count). The lowest BCUT2D eigenvalue weighted by Gasteiger charge is -2.32. The Morgan fingerprint density at radius 2 is 1.88 bits per heavy atom. The molecule has 1 saturated heterocycles. The van der Waals surface area contributed by atoms with Gasteiger partial charge in [0, 0.05) is 24.8 Å². The molecule has 0 saturated carbocycles. The molecule has 1 atom stereocenters. The summed E-state index contributed by atoms with van der Waals surface area (Å²) in [6, 6.07) is 12.4. The van der Waals surface area contributed by atoms with Crippen LogP contribution < -0.4 is 5.32 Å². The molecule has 4 nitrogen and oxygen atoms in total. The highest BCUT2D eigenvalue weighted by Gasteiger charge is 2.24. The molecule has 0 aromatic heterocycles. The minimum Gasteiger partial charge on any atom is -0.372 e. The van der Waals surface area contributed by atoms with Crippen LogP contribution >= 0.6 is 0 Å². The highest BCUT2D eigenvalue weighted by Crippen LogP contribution is 2.17. The molecule has 0 radical (unpaired) electrons. The summed E-state index contributed by atoms with van der Waals surface area (Å²) >= 11 is 0. The summed E-state index contributed by atoms with van der Waals surface area (Å²) in [5.41, 5.74) is 1.19. The molecule has 0 spiro atoms. The molecular formula is C19H20F2N2O2. The van der Waals surface area contributed by atoms with E-state index in [2.05, 4.69) is 5.32 Å². The van der Waals surface area contributed by atoms with Gasteiger partial charge in [0.1, 0.15) is 11.6 Å². The van der Waals surface area contributed by atoms with E-state index in [0.29, 0.717) is 18.7 Å². The third kappa shape index (κ3) is 5.00. The number of halogens is 2. The average molecular weight is 346 g/mol. The minimum absolute atomic E-state index is 0.119. The molecule has 1 fully saturated rings. The third-order valence-electron chi connectivity index (χ3n) is 4.10. The Hall–Kier alpha value is -2.47. The predicted molar refractivity (Wildman–Crippen MR) is 91.2 cm³/mol. The maximum Gasteiger partial charge on any atom is 0.321 e. The number of urea groups is 1. The first-order chi connectivity index (χ1) is 12.1. The molecule has 0 bridgehead atoms. The topological polar surface area (TPSA) is 41.6 Å². The van der Waals surface area contributed by atoms with Crippen molar-refractivity contribution in [2.75, 3.05) is 18.4 Å². The van der Waals surface area contributed by atoms with Gasteiger partial charge in [0.25, 0.3) is 0 Å². The number of rotatable bonds is 4. The predicted octanol–water partition coefficient (Wildman–Crippen LogP) is 4.18. The largest absolute Gasteiger partial charge is 0.372 e. The molecule has 1 aliphatic rings. The fourth-order valence-electron chi connectivity index (χ4n) is 2.89. The number of anilines is 1. The second kappa shape index (κ2) is 8.07. The van der Waals surface area contributed by atoms with Gasteiger partial charge in [-0.25, -0.2) is 13.6 Å². The van der Waals surface area contributed by atoms with Crippen molar-refractivity contribution in [3.8, 4) is 0 Å². The maximum atomic E-state index is 13.2. The van der Waals surface area contributed by atoms with Crippen molar-refractivity contribution in [3.05, 3.63) is 65.7 Å². The summed E-state index contributed by atoms with van der Waals surface area (Å²) in [7, 11) is 0. The average Bonchev–Trinajstić information content (AvgIpc) is 2.60. The highest BCUT2D eigenvalue weighted by atomic mass is 19.1. The van der Waals surface area contributed by atoms with Crippen molar-refractivity contribution in [2.45, 2.75) is 25.6 Å². The summed E-state index contributed by atoms with van der Waals surface area (Å²) in [4.78, 5) is 14.0. The number of ether oxygens (including phenoxy) is 1. The van der Waals surface area contributed by atoms with E-state index in [4.69, 9.17) is 4.74 Å². The van der Waals surface area contributed by atoms with Crippen LogP contribution in [0, 0.1) is 11.6 Å². The number of piperidine rings is 1. The summed E-state index contributed by atoms with van der Waals surface area (Å²) in [5, 5.41) is 2.85. The van der Waals surface area contributed by atoms with Gasteiger partial charge >= 0.3 is 6.03 Å². The number of carbonyl (C=O) groups is 1. The monoisotopic (exact) mass is 346 g/mol. The SMILES string of the molecule is O=C(Nc1ccccc1)N1CCC[C@H](OCc2cc(F)cc(F)c2)C1. The van der Waals surface area contributed by atoms with Crippen molar-refractivity contribution < 1.29 is 18.3 Å². The number of para-hydroxylation sites is 1. The molecule has 132 valence electrons. The van der Waals surface area contributed by atoms with Gasteiger partial charge in [0.15, 0.2) is 0 Å². The second-order valence-electron chi connectivity index (χ2n) is 6.10. The maximum absolute atomic E-state index is 13.2. The van der Waals surface area contributed by atoms with Gasteiger partial charge in [-0.15, -0.1) is 0 Å². The number of likely N-dealkylation sites (tertiary alicyclic amines) is 1. The standard InChI is InChI=1S/C19H20F2N2O2/c20-15-9-14(10-16(21)11-15)13-25-18-7-4-8-23(12-18)19(24)22-17-5-2-1-3-6-17/h1-3,5-6,9-11,18H,4,7-8,12-13H2,(H,22,24)/t18-/m0/s1. The third-order valence-corrected chi connectivity index (χ3v) is 4.10. The van der Waals surface area contributed by atoms with Crippen LogP contribution in [0.4, 0.5) is 19.3 Å². The molecular weight excluding hydrogens is 326 g/mol. The van der Waals surface area contributed by atoms with Crippen LogP contribution in [0.25, 0.3) is 0 Å². The van der Waals surface area contributed by atoms with Gasteiger partial charge in [-0.3, -0.25) is 0 Å². The number of benzene rings is 2. The fraction of sp³-hybridized carbons (Fsp3) is 0.316. The first-order valence-electron chi connectivity index (χ1n) is 8.28. The normalized spacial score (nSPS) is 17.4. The quantitative estimate of drug-likeness (QED) is 0.902. The van der Waals surface area contributed by atoms with Crippen LogP contribution in [-0.4, -0.2) is 30.1 Å². The molecule has 1 N–H and O–H groups in total. The van der Waals surface area contributed by atoms with Gasteiger partial charge < -0.3 is 15.0 Å². The first kappa shape index (κ1) is 17.4. The van der Waals surface area contributed by atoms with Crippen molar-refractivity contribution in [1.82, 2.24) is 4.90 Å². The number of carbonyl (C=O) groups excluding carboxylic acids is 1. The van der Waals surface area contributed by atoms with E-state index >= 15 is 0 Å². The van der Waals surface area contributed by atoms with Crippen molar-refractivity contribution in [1.29, 1.82) is 0 Å². The van der Waals surface area contributed by atoms with Crippen molar-refractivity contribution >= 4 is 11.7 Å². The van der Waals surface area contributed by atoms with E-state index in [1.54, 1.807) is 4.90 Å². The van der Waals surface area contributed by atoms with Crippen molar-refractivity contribution in [2.24, 2.45) is 0 Å². The van der Waals surface area contributed by atoms with Gasteiger partial charge in [-0.2, -0.15) is 0 Å². The van der Waals surface area contributed by atoms with Crippen LogP contribution in [0.2, 0.25) is 0 Å². The van der Waals surface area contributed by atoms with E-state index < -0.39 is 11.6 Å². The molecule has 0 unspecified atom stereocenters. The van der Waals surface area contributed by atoms with Crippen molar-refractivity contribution in [3.63, 3.8) is 0 Å². The summed E-state index contributed by atoms with van der Waals surface area (Å²) in [6.07, 6.45) is 1.48. The zero-order valence-corrected chi connectivity index (χ0v) is 13.8. The van der Waals surface area contributed by atoms with Gasteiger partial charge in [0.05, 0.1) is 12.7 Å². The molecule has 1 aliphatic heterocycles. The lowest BCUT2D eigenvalue weighted by molar-refractivity contribution is 0.000844. The lowest BCUT2D eigenvalue weighted by atomic mass is 10.1. The Kier molecular flexibility index (Phi) is 5.60. The molecule has 2 amide bonds. The van der Waals surface area contributed by atoms with Crippen LogP contribution in [-0.2, 0) is 11.3 Å². The number of nitrogens with zero attached hydrogens (tertiary/aromatic N) is 1. The summed E-state index contributed by atoms with van der Waals surface area (Å²) in [5.74, 6) is -1.24. The Labute approximate surface area is 145 Å². The van der Waals surface area contributed by atoms with E-state index in [0.717, 1.165) is 24.6 Å². The Bertz CT molecular complexity index is 704. The number of amides is 2. The number of hydrogen-bond donors (Lipinski definition) is 1. The first-order valence-corrected chi connectivity index (χ1v) is 8.28. The Morgan fingerprint density at radius 1 is 1.16 bits per heavy atom. The van der Waals surface area contributed by atoms with Crippen LogP contribution in [0.15, 0.2) is 48.5 Å². The molecule has 2 aromatic rings. The Morgan fingerprint density at radius 3 is 2.60 bits per heavy atom. The highest BCUT2D eigenvalue weighted by molar-refractivity contribution is 5.89. The molecule has 1 heterocycles. The van der Waals surface area contributed by atoms with Crippen LogP contribution in [0.1, 0.15) is 18.4 Å². The van der Waals surface area contributed by atoms with E-state index in [9.17, 15) is 13.6 Å². The van der Waals surface area contributed by atoms with Gasteiger partial charge in [0.2, 0.25) is 0 Å². The van der Waals surface area contributed by atoms with E-state index in [-0.39, 0.29) is 18.7 Å². The number of nitrogens with one attached hydrogen (secondary N) is 1. The number of hydrogen-bond acceptors (Lipinski definition) is 2. The van der Waals surface area contributed by atoms with Gasteiger partial charge in [-0.1, -0.05) is 18.2 Å². The van der Waals surface area contributed by atoms with Crippen LogP contribution in [0.3, 0.4) is 0 Å². The summed E-state index contributed by atoms with van der Waals surface area (Å²) < 4.78 is 32.2. The zero-order valence-electron chi connectivity index (χ0n) is 13.8. The smallest absolute Gasteiger partial charge is 0.321 e. The molecule has 2 aromatic carbocycles. The minimum atomic E-state index is -0.619. The Balaban J connectivity index is 1.53. The second-order valence-corrected chi connectivity index (χ2v) is 6.10. The van der Waals surface area contributed by atoms with E-state index in [1.807, 2.05) is 30.3 Å².